The predicted octanol–water partition coefficient (Wildman–Crippen LogP) is 5.48. The van der Waals surface area contributed by atoms with Gasteiger partial charge in [0.1, 0.15) is 0 Å². The fraction of sp³-hybridized carbons (Fsp3) is 0.450. The molecule has 0 aromatic heterocycles. The van der Waals surface area contributed by atoms with Gasteiger partial charge in [0.2, 0.25) is 11.5 Å². The minimum Gasteiger partial charge on any atom is -0.504 e. The van der Waals surface area contributed by atoms with E-state index < -0.39 is 5.97 Å². The molecule has 0 saturated carbocycles. The van der Waals surface area contributed by atoms with Crippen LogP contribution < -0.4 is 14.2 Å². The molecule has 0 amide bonds. The molecule has 0 saturated heterocycles. The van der Waals surface area contributed by atoms with E-state index in [9.17, 15) is 9.90 Å². The first-order valence-electron chi connectivity index (χ1n) is 8.78. The maximum atomic E-state index is 11.7. The number of hydrogen-bond donors (Lipinski definition) is 1. The van der Waals surface area contributed by atoms with Crippen molar-refractivity contribution >= 4 is 28.3 Å². The molecule has 2 aromatic rings. The van der Waals surface area contributed by atoms with Crippen molar-refractivity contribution in [2.75, 3.05) is 0 Å². The van der Waals surface area contributed by atoms with Crippen LogP contribution in [0.25, 0.3) is 10.8 Å². The summed E-state index contributed by atoms with van der Waals surface area (Å²) in [4.78, 5) is 11.7. The fourth-order valence-corrected chi connectivity index (χ4v) is 2.57. The van der Waals surface area contributed by atoms with Crippen LogP contribution in [0.2, 0.25) is 5.02 Å². The van der Waals surface area contributed by atoms with Crippen molar-refractivity contribution in [3.8, 4) is 23.0 Å². The third-order valence-electron chi connectivity index (χ3n) is 4.14. The number of phenolic OH excluding ortho intramolecular Hbond substituents is 1. The highest BCUT2D eigenvalue weighted by Crippen LogP contribution is 2.52. The topological polar surface area (TPSA) is 65.0 Å². The Kier molecular flexibility index (Phi) is 6.59. The van der Waals surface area contributed by atoms with Gasteiger partial charge < -0.3 is 19.3 Å². The van der Waals surface area contributed by atoms with E-state index in [1.807, 2.05) is 27.7 Å². The molecule has 0 aliphatic rings. The van der Waals surface area contributed by atoms with Crippen LogP contribution in [0.15, 0.2) is 18.2 Å². The molecular formula is C20H25ClO5. The lowest BCUT2D eigenvalue weighted by Crippen LogP contribution is -2.16. The molecule has 0 bridgehead atoms. The zero-order chi connectivity index (χ0) is 19.4. The molecule has 6 heteroatoms. The number of phenols is 1. The van der Waals surface area contributed by atoms with Crippen LogP contribution in [-0.4, -0.2) is 23.3 Å². The van der Waals surface area contributed by atoms with E-state index in [0.717, 1.165) is 12.8 Å². The lowest BCUT2D eigenvalue weighted by atomic mass is 10.1. The molecule has 5 nitrogen and oxygen atoms in total. The summed E-state index contributed by atoms with van der Waals surface area (Å²) < 4.78 is 17.4. The van der Waals surface area contributed by atoms with E-state index in [4.69, 9.17) is 25.8 Å². The number of fused-ring (bicyclic) bond motifs is 1. The Hall–Kier alpha value is -2.14. The Morgan fingerprint density at radius 2 is 1.62 bits per heavy atom. The van der Waals surface area contributed by atoms with Crippen molar-refractivity contribution in [1.82, 2.24) is 0 Å². The van der Waals surface area contributed by atoms with E-state index in [0.29, 0.717) is 15.8 Å². The van der Waals surface area contributed by atoms with Gasteiger partial charge in [-0.05, 0) is 44.9 Å². The second kappa shape index (κ2) is 8.49. The molecule has 2 unspecified atom stereocenters. The van der Waals surface area contributed by atoms with Crippen molar-refractivity contribution in [1.29, 1.82) is 0 Å². The zero-order valence-corrected chi connectivity index (χ0v) is 16.5. The number of benzene rings is 2. The molecular weight excluding hydrogens is 356 g/mol. The average Bonchev–Trinajstić information content (AvgIpc) is 2.60. The fourth-order valence-electron chi connectivity index (χ4n) is 2.40. The van der Waals surface area contributed by atoms with Gasteiger partial charge >= 0.3 is 5.97 Å². The molecule has 26 heavy (non-hydrogen) atoms. The maximum absolute atomic E-state index is 11.7. The van der Waals surface area contributed by atoms with Gasteiger partial charge in [-0.25, -0.2) is 0 Å². The van der Waals surface area contributed by atoms with Crippen molar-refractivity contribution in [2.45, 2.75) is 59.7 Å². The van der Waals surface area contributed by atoms with Crippen molar-refractivity contribution in [3.05, 3.63) is 23.2 Å². The van der Waals surface area contributed by atoms with Crippen LogP contribution in [0.1, 0.15) is 47.5 Å². The average molecular weight is 381 g/mol. The predicted molar refractivity (Wildman–Crippen MR) is 103 cm³/mol. The van der Waals surface area contributed by atoms with E-state index in [-0.39, 0.29) is 35.2 Å². The molecule has 0 spiro atoms. The van der Waals surface area contributed by atoms with Gasteiger partial charge in [0.25, 0.3) is 0 Å². The number of hydrogen-bond acceptors (Lipinski definition) is 5. The number of esters is 1. The minimum absolute atomic E-state index is 0.0637. The molecule has 1 N–H and O–H groups in total. The second-order valence-corrected chi connectivity index (χ2v) is 6.73. The Labute approximate surface area is 158 Å². The summed E-state index contributed by atoms with van der Waals surface area (Å²) in [5, 5.41) is 12.2. The van der Waals surface area contributed by atoms with E-state index in [2.05, 4.69) is 0 Å². The zero-order valence-electron chi connectivity index (χ0n) is 15.8. The number of ether oxygens (including phenoxy) is 3. The first-order chi connectivity index (χ1) is 12.3. The monoisotopic (exact) mass is 380 g/mol. The van der Waals surface area contributed by atoms with E-state index in [1.54, 1.807) is 18.2 Å². The van der Waals surface area contributed by atoms with Crippen molar-refractivity contribution in [3.63, 3.8) is 0 Å². The number of rotatable bonds is 7. The summed E-state index contributed by atoms with van der Waals surface area (Å²) in [6.07, 6.45) is 1.15. The number of halogens is 1. The van der Waals surface area contributed by atoms with Gasteiger partial charge in [0.05, 0.1) is 12.2 Å². The van der Waals surface area contributed by atoms with Crippen molar-refractivity contribution in [2.24, 2.45) is 0 Å². The summed E-state index contributed by atoms with van der Waals surface area (Å²) in [6.45, 7) is 9.05. The minimum atomic E-state index is -0.500. The number of carbonyl (C=O) groups is 1. The van der Waals surface area contributed by atoms with Gasteiger partial charge in [-0.1, -0.05) is 25.4 Å². The third-order valence-corrected chi connectivity index (χ3v) is 4.38. The van der Waals surface area contributed by atoms with Crippen LogP contribution in [0.5, 0.6) is 23.0 Å². The molecule has 0 heterocycles. The van der Waals surface area contributed by atoms with Gasteiger partial charge in [-0.2, -0.15) is 0 Å². The highest BCUT2D eigenvalue weighted by Gasteiger charge is 2.26. The quantitative estimate of drug-likeness (QED) is 0.509. The Bertz CT molecular complexity index is 803. The Balaban J connectivity index is 2.82. The number of carbonyl (C=O) groups excluding carboxylic acids is 1. The molecule has 0 aliphatic carbocycles. The maximum Gasteiger partial charge on any atom is 0.308 e. The summed E-state index contributed by atoms with van der Waals surface area (Å²) in [5.41, 5.74) is 0. The summed E-state index contributed by atoms with van der Waals surface area (Å²) >= 11 is 6.12. The van der Waals surface area contributed by atoms with Gasteiger partial charge in [0.15, 0.2) is 11.5 Å². The standard InChI is InChI=1S/C20H25ClO5/c1-6-11(3)24-19-17(23)15-9-8-14(21)10-16(15)18(26-13(5)22)20(19)25-12(4)7-2/h8-12,23H,6-7H2,1-5H3. The molecule has 0 aliphatic heterocycles. The van der Waals surface area contributed by atoms with Crippen LogP contribution in [0.4, 0.5) is 0 Å². The SMILES string of the molecule is CCC(C)Oc1c(OC(C)CC)c(OC(C)=O)c2cc(Cl)ccc2c1O. The smallest absolute Gasteiger partial charge is 0.308 e. The van der Waals surface area contributed by atoms with Gasteiger partial charge in [-0.3, -0.25) is 4.79 Å². The summed E-state index contributed by atoms with van der Waals surface area (Å²) in [6, 6.07) is 4.95. The molecule has 0 fully saturated rings. The lowest BCUT2D eigenvalue weighted by molar-refractivity contribution is -0.131. The van der Waals surface area contributed by atoms with E-state index in [1.165, 1.54) is 6.92 Å². The normalized spacial score (nSPS) is 13.3. The van der Waals surface area contributed by atoms with Crippen LogP contribution >= 0.6 is 11.6 Å². The van der Waals surface area contributed by atoms with Gasteiger partial charge in [-0.15, -0.1) is 0 Å². The first kappa shape index (κ1) is 20.2. The molecule has 142 valence electrons. The Morgan fingerprint density at radius 1 is 1.04 bits per heavy atom. The second-order valence-electron chi connectivity index (χ2n) is 6.29. The molecule has 2 rings (SSSR count). The molecule has 2 atom stereocenters. The highest BCUT2D eigenvalue weighted by molar-refractivity contribution is 6.31. The highest BCUT2D eigenvalue weighted by atomic mass is 35.5. The van der Waals surface area contributed by atoms with Crippen LogP contribution in [0, 0.1) is 0 Å². The molecule has 2 aromatic carbocycles. The summed E-state index contributed by atoms with van der Waals surface area (Å²) in [5.74, 6) is 0.0193. The van der Waals surface area contributed by atoms with Crippen LogP contribution in [-0.2, 0) is 4.79 Å². The first-order valence-corrected chi connectivity index (χ1v) is 9.16. The third kappa shape index (κ3) is 4.33. The Morgan fingerprint density at radius 3 is 2.15 bits per heavy atom. The van der Waals surface area contributed by atoms with E-state index >= 15 is 0 Å². The summed E-state index contributed by atoms with van der Waals surface area (Å²) in [7, 11) is 0. The van der Waals surface area contributed by atoms with Gasteiger partial charge in [0, 0.05) is 22.7 Å². The van der Waals surface area contributed by atoms with Crippen LogP contribution in [0.3, 0.4) is 0 Å². The lowest BCUT2D eigenvalue weighted by Gasteiger charge is -2.23. The largest absolute Gasteiger partial charge is 0.504 e. The van der Waals surface area contributed by atoms with Crippen molar-refractivity contribution < 1.29 is 24.1 Å². The molecule has 0 radical (unpaired) electrons. The number of aromatic hydroxyl groups is 1.